The summed E-state index contributed by atoms with van der Waals surface area (Å²) in [6.45, 7) is 6.16. The van der Waals surface area contributed by atoms with Crippen molar-refractivity contribution in [3.8, 4) is 5.75 Å². The largest absolute Gasteiger partial charge is 0.494 e. The maximum atomic E-state index is 5.62. The fourth-order valence-corrected chi connectivity index (χ4v) is 3.51. The molecule has 0 aliphatic rings. The molecule has 3 rings (SSSR count). The zero-order chi connectivity index (χ0) is 18.5. The van der Waals surface area contributed by atoms with Crippen LogP contribution in [0.3, 0.4) is 0 Å². The first-order valence-electron chi connectivity index (χ1n) is 8.54. The van der Waals surface area contributed by atoms with Crippen LogP contribution in [0.15, 0.2) is 34.1 Å². The summed E-state index contributed by atoms with van der Waals surface area (Å²) in [5.41, 5.74) is 2.20. The summed E-state index contributed by atoms with van der Waals surface area (Å²) in [6.07, 6.45) is 0.568. The first-order chi connectivity index (χ1) is 12.5. The monoisotopic (exact) mass is 391 g/mol. The van der Waals surface area contributed by atoms with Gasteiger partial charge in [0.1, 0.15) is 12.3 Å². The highest BCUT2D eigenvalue weighted by molar-refractivity contribution is 7.71. The third-order valence-electron chi connectivity index (χ3n) is 3.81. The van der Waals surface area contributed by atoms with Gasteiger partial charge in [-0.25, -0.2) is 4.98 Å². The van der Waals surface area contributed by atoms with Crippen LogP contribution in [-0.4, -0.2) is 28.4 Å². The van der Waals surface area contributed by atoms with E-state index in [1.807, 2.05) is 31.4 Å². The van der Waals surface area contributed by atoms with E-state index in [4.69, 9.17) is 21.4 Å². The van der Waals surface area contributed by atoms with Crippen LogP contribution >= 0.6 is 23.6 Å². The molecule has 0 amide bonds. The van der Waals surface area contributed by atoms with Crippen molar-refractivity contribution < 1.29 is 14.1 Å². The number of thiazole rings is 1. The van der Waals surface area contributed by atoms with E-state index in [0.29, 0.717) is 30.4 Å². The topological polar surface area (TPSA) is 57.5 Å². The Morgan fingerprint density at radius 3 is 2.73 bits per heavy atom. The maximum Gasteiger partial charge on any atom is 0.291 e. The Labute approximate surface area is 162 Å². The van der Waals surface area contributed by atoms with Crippen LogP contribution in [0.25, 0.3) is 0 Å². The molecule has 0 aliphatic carbocycles. The zero-order valence-electron chi connectivity index (χ0n) is 15.2. The Morgan fingerprint density at radius 2 is 2.08 bits per heavy atom. The molecular formula is C18H23N4O2S2+. The van der Waals surface area contributed by atoms with E-state index < -0.39 is 0 Å². The summed E-state index contributed by atoms with van der Waals surface area (Å²) in [6, 6.07) is 8.18. The van der Waals surface area contributed by atoms with Gasteiger partial charge in [-0.2, -0.15) is 4.68 Å². The molecule has 0 saturated heterocycles. The van der Waals surface area contributed by atoms with E-state index in [2.05, 4.69) is 29.3 Å². The molecular weight excluding hydrogens is 368 g/mol. The molecule has 8 heteroatoms. The van der Waals surface area contributed by atoms with Crippen molar-refractivity contribution in [2.75, 3.05) is 13.7 Å². The lowest BCUT2D eigenvalue weighted by molar-refractivity contribution is -0.917. The summed E-state index contributed by atoms with van der Waals surface area (Å²) in [5.74, 6) is 1.50. The average Bonchev–Trinajstić information content (AvgIpc) is 3.15. The fourth-order valence-electron chi connectivity index (χ4n) is 2.70. The van der Waals surface area contributed by atoms with Crippen molar-refractivity contribution in [1.82, 2.24) is 14.8 Å². The van der Waals surface area contributed by atoms with Gasteiger partial charge in [-0.1, -0.05) is 0 Å². The highest BCUT2D eigenvalue weighted by atomic mass is 32.1. The lowest BCUT2D eigenvalue weighted by Gasteiger charge is -2.13. The van der Waals surface area contributed by atoms with E-state index in [1.54, 1.807) is 16.0 Å². The van der Waals surface area contributed by atoms with Crippen molar-refractivity contribution in [2.45, 2.75) is 33.5 Å². The molecule has 3 aromatic rings. The Hall–Kier alpha value is -2.03. The molecule has 26 heavy (non-hydrogen) atoms. The van der Waals surface area contributed by atoms with Crippen molar-refractivity contribution in [3.05, 3.63) is 56.6 Å². The van der Waals surface area contributed by atoms with E-state index in [1.165, 1.54) is 10.5 Å². The van der Waals surface area contributed by atoms with Crippen LogP contribution in [0.1, 0.15) is 29.1 Å². The normalized spacial score (nSPS) is 12.3. The van der Waals surface area contributed by atoms with Crippen LogP contribution in [0.5, 0.6) is 5.75 Å². The number of nitrogens with zero attached hydrogens (tertiary/aromatic N) is 3. The zero-order valence-corrected chi connectivity index (χ0v) is 16.8. The van der Waals surface area contributed by atoms with Crippen molar-refractivity contribution in [1.29, 1.82) is 0 Å². The van der Waals surface area contributed by atoms with Gasteiger partial charge in [-0.05, 0) is 50.3 Å². The van der Waals surface area contributed by atoms with E-state index in [9.17, 15) is 0 Å². The third-order valence-corrected chi connectivity index (χ3v) is 4.92. The van der Waals surface area contributed by atoms with Gasteiger partial charge in [0.05, 0.1) is 30.8 Å². The molecule has 1 N–H and O–H groups in total. The smallest absolute Gasteiger partial charge is 0.291 e. The number of hydrogen-bond donors (Lipinski definition) is 1. The summed E-state index contributed by atoms with van der Waals surface area (Å²) in [7, 11) is 2.11. The predicted octanol–water partition coefficient (Wildman–Crippen LogP) is 2.63. The molecule has 1 unspecified atom stereocenters. The second kappa shape index (κ2) is 8.57. The number of quaternary nitrogens is 1. The van der Waals surface area contributed by atoms with Gasteiger partial charge in [-0.3, -0.25) is 0 Å². The third kappa shape index (κ3) is 5.00. The summed E-state index contributed by atoms with van der Waals surface area (Å²) >= 11 is 6.93. The van der Waals surface area contributed by atoms with Crippen LogP contribution in [-0.2, 0) is 19.6 Å². The lowest BCUT2D eigenvalue weighted by atomic mass is 10.2. The molecule has 1 aromatic carbocycles. The Morgan fingerprint density at radius 1 is 1.31 bits per heavy atom. The molecule has 0 spiro atoms. The first kappa shape index (κ1) is 18.8. The van der Waals surface area contributed by atoms with Crippen LogP contribution in [0.4, 0.5) is 0 Å². The molecule has 0 aliphatic heterocycles. The van der Waals surface area contributed by atoms with Gasteiger partial charge in [0.25, 0.3) is 4.84 Å². The van der Waals surface area contributed by atoms with E-state index in [-0.39, 0.29) is 0 Å². The van der Waals surface area contributed by atoms with E-state index >= 15 is 0 Å². The Balaban J connectivity index is 1.60. The van der Waals surface area contributed by atoms with Gasteiger partial charge in [0.2, 0.25) is 5.89 Å². The van der Waals surface area contributed by atoms with Crippen LogP contribution in [0, 0.1) is 11.8 Å². The summed E-state index contributed by atoms with van der Waals surface area (Å²) in [5, 5.41) is 7.57. The first-order valence-corrected chi connectivity index (χ1v) is 9.83. The van der Waals surface area contributed by atoms with Gasteiger partial charge < -0.3 is 14.1 Å². The second-order valence-corrected chi connectivity index (χ2v) is 7.58. The second-order valence-electron chi connectivity index (χ2n) is 6.16. The number of rotatable bonds is 8. The lowest BCUT2D eigenvalue weighted by Crippen LogP contribution is -3.07. The van der Waals surface area contributed by atoms with Gasteiger partial charge in [0, 0.05) is 10.9 Å². The van der Waals surface area contributed by atoms with E-state index in [0.717, 1.165) is 23.0 Å². The fraction of sp³-hybridized carbons (Fsp3) is 0.389. The number of nitrogens with one attached hydrogen (secondary N) is 1. The average molecular weight is 392 g/mol. The Kier molecular flexibility index (Phi) is 6.18. The molecule has 1 atom stereocenters. The SMILES string of the molecule is CCOc1ccc(C[NH+](C)Cn2nc(Cc3csc(C)n3)oc2=S)cc1. The standard InChI is InChI=1S/C18H22N4O2S2/c1-4-23-16-7-5-14(6-8-16)10-21(3)12-22-18(25)24-17(20-22)9-15-11-26-13(2)19-15/h5-8,11H,4,9-10,12H2,1-3H3/p+1. The minimum Gasteiger partial charge on any atom is -0.494 e. The number of hydrogen-bond acceptors (Lipinski definition) is 6. The van der Waals surface area contributed by atoms with Gasteiger partial charge in [-0.15, -0.1) is 16.4 Å². The molecule has 2 heterocycles. The highest BCUT2D eigenvalue weighted by Crippen LogP contribution is 2.13. The maximum absolute atomic E-state index is 5.62. The number of aromatic nitrogens is 3. The quantitative estimate of drug-likeness (QED) is 0.598. The van der Waals surface area contributed by atoms with Gasteiger partial charge >= 0.3 is 0 Å². The van der Waals surface area contributed by atoms with Crippen molar-refractivity contribution in [3.63, 3.8) is 0 Å². The minimum atomic E-state index is 0.401. The number of benzene rings is 1. The molecule has 0 fully saturated rings. The highest BCUT2D eigenvalue weighted by Gasteiger charge is 2.12. The van der Waals surface area contributed by atoms with Gasteiger partial charge in [0.15, 0.2) is 6.67 Å². The molecule has 2 aromatic heterocycles. The van der Waals surface area contributed by atoms with Crippen LogP contribution in [0.2, 0.25) is 0 Å². The predicted molar refractivity (Wildman–Crippen MR) is 103 cm³/mol. The molecule has 138 valence electrons. The Bertz CT molecular complexity index is 899. The molecule has 0 saturated carbocycles. The minimum absolute atomic E-state index is 0.401. The number of aryl methyl sites for hydroxylation is 1. The van der Waals surface area contributed by atoms with Crippen LogP contribution < -0.4 is 9.64 Å². The number of ether oxygens (including phenoxy) is 1. The summed E-state index contributed by atoms with van der Waals surface area (Å²) in [4.78, 5) is 6.10. The molecule has 6 nitrogen and oxygen atoms in total. The molecule has 0 bridgehead atoms. The summed E-state index contributed by atoms with van der Waals surface area (Å²) < 4.78 is 12.8. The van der Waals surface area contributed by atoms with Crippen molar-refractivity contribution in [2.24, 2.45) is 0 Å². The molecule has 0 radical (unpaired) electrons. The van der Waals surface area contributed by atoms with Crippen molar-refractivity contribution >= 4 is 23.6 Å².